The second kappa shape index (κ2) is 5.07. The third kappa shape index (κ3) is 2.46. The Morgan fingerprint density at radius 2 is 2.24 bits per heavy atom. The maximum atomic E-state index is 12.2. The molecule has 0 N–H and O–H groups in total. The number of carbonyl (C=O) groups is 1. The number of carbonyl (C=O) groups excluding carboxylic acids is 1. The second-order valence-corrected chi connectivity index (χ2v) is 5.52. The van der Waals surface area contributed by atoms with Crippen molar-refractivity contribution in [3.05, 3.63) is 20.8 Å². The predicted octanol–water partition coefficient (Wildman–Crippen LogP) is 3.09. The van der Waals surface area contributed by atoms with Crippen LogP contribution in [0.1, 0.15) is 28.1 Å². The number of nitrogens with zero attached hydrogens (tertiary/aromatic N) is 2. The summed E-state index contributed by atoms with van der Waals surface area (Å²) in [4.78, 5) is 14.6. The monoisotopic (exact) mass is 268 g/mol. The summed E-state index contributed by atoms with van der Waals surface area (Å²) in [6.07, 6.45) is 1.54. The van der Waals surface area contributed by atoms with E-state index in [9.17, 15) is 4.79 Å². The van der Waals surface area contributed by atoms with Crippen molar-refractivity contribution in [1.82, 2.24) is 4.90 Å². The highest BCUT2D eigenvalue weighted by molar-refractivity contribution is 7.13. The summed E-state index contributed by atoms with van der Waals surface area (Å²) in [6, 6.07) is 2.26. The Morgan fingerprint density at radius 1 is 1.59 bits per heavy atom. The molecule has 17 heavy (non-hydrogen) atoms. The van der Waals surface area contributed by atoms with Crippen LogP contribution in [0.5, 0.6) is 0 Å². The van der Waals surface area contributed by atoms with Crippen molar-refractivity contribution in [2.24, 2.45) is 5.92 Å². The molecule has 1 aliphatic heterocycles. The van der Waals surface area contributed by atoms with Crippen molar-refractivity contribution < 1.29 is 4.79 Å². The van der Waals surface area contributed by atoms with Gasteiger partial charge >= 0.3 is 0 Å². The molecule has 0 aromatic carbocycles. The molecular weight excluding hydrogens is 256 g/mol. The number of amides is 1. The fraction of sp³-hybridized carbons (Fsp3) is 0.500. The highest BCUT2D eigenvalue weighted by atomic mass is 35.5. The van der Waals surface area contributed by atoms with E-state index < -0.39 is 0 Å². The minimum atomic E-state index is 0.00416. The molecule has 0 spiro atoms. The van der Waals surface area contributed by atoms with Gasteiger partial charge in [-0.2, -0.15) is 5.26 Å². The summed E-state index contributed by atoms with van der Waals surface area (Å²) in [5, 5.41) is 11.3. The Hall–Kier alpha value is -1.05. The maximum absolute atomic E-state index is 12.2. The minimum Gasteiger partial charge on any atom is -0.338 e. The molecule has 0 unspecified atom stereocenters. The second-order valence-electron chi connectivity index (χ2n) is 4.26. The van der Waals surface area contributed by atoms with Gasteiger partial charge in [0.05, 0.1) is 11.1 Å². The van der Waals surface area contributed by atoms with Crippen molar-refractivity contribution >= 4 is 28.8 Å². The van der Waals surface area contributed by atoms with Crippen LogP contribution in [0.25, 0.3) is 0 Å². The molecular formula is C12H13ClN2OS. The number of aryl methyl sites for hydroxylation is 1. The van der Waals surface area contributed by atoms with Crippen LogP contribution in [0.3, 0.4) is 0 Å². The SMILES string of the molecule is Cc1csc(C(=O)N2CCC(C#N)CC2)c1Cl. The van der Waals surface area contributed by atoms with E-state index in [-0.39, 0.29) is 11.8 Å². The maximum Gasteiger partial charge on any atom is 0.265 e. The lowest BCUT2D eigenvalue weighted by Gasteiger charge is -2.28. The van der Waals surface area contributed by atoms with Gasteiger partial charge in [-0.1, -0.05) is 11.6 Å². The molecule has 2 rings (SSSR count). The smallest absolute Gasteiger partial charge is 0.265 e. The van der Waals surface area contributed by atoms with E-state index in [0.717, 1.165) is 18.4 Å². The van der Waals surface area contributed by atoms with E-state index >= 15 is 0 Å². The van der Waals surface area contributed by atoms with Gasteiger partial charge in [0.1, 0.15) is 4.88 Å². The van der Waals surface area contributed by atoms with Crippen LogP contribution >= 0.6 is 22.9 Å². The number of hydrogen-bond acceptors (Lipinski definition) is 3. The molecule has 5 heteroatoms. The molecule has 0 aliphatic carbocycles. The standard InChI is InChI=1S/C12H13ClN2OS/c1-8-7-17-11(10(8)13)12(16)15-4-2-9(6-14)3-5-15/h7,9H,2-5H2,1H3. The molecule has 0 saturated carbocycles. The summed E-state index contributed by atoms with van der Waals surface area (Å²) < 4.78 is 0. The van der Waals surface area contributed by atoms with Crippen molar-refractivity contribution in [2.45, 2.75) is 19.8 Å². The molecule has 0 radical (unpaired) electrons. The van der Waals surface area contributed by atoms with Gasteiger partial charge in [-0.05, 0) is 30.7 Å². The van der Waals surface area contributed by atoms with Gasteiger partial charge in [0.15, 0.2) is 0 Å². The van der Waals surface area contributed by atoms with Crippen molar-refractivity contribution in [2.75, 3.05) is 13.1 Å². The Bertz CT molecular complexity index is 469. The zero-order valence-corrected chi connectivity index (χ0v) is 11.1. The third-order valence-electron chi connectivity index (χ3n) is 3.06. The van der Waals surface area contributed by atoms with E-state index in [1.807, 2.05) is 12.3 Å². The molecule has 1 aromatic rings. The first-order valence-corrected chi connectivity index (χ1v) is 6.81. The zero-order chi connectivity index (χ0) is 12.4. The average Bonchev–Trinajstić information content (AvgIpc) is 2.69. The van der Waals surface area contributed by atoms with E-state index in [1.165, 1.54) is 11.3 Å². The van der Waals surface area contributed by atoms with Crippen LogP contribution in [-0.2, 0) is 0 Å². The normalized spacial score (nSPS) is 16.9. The lowest BCUT2D eigenvalue weighted by molar-refractivity contribution is 0.0712. The fourth-order valence-corrected chi connectivity index (χ4v) is 3.17. The Kier molecular flexibility index (Phi) is 3.70. The number of rotatable bonds is 1. The van der Waals surface area contributed by atoms with Gasteiger partial charge in [0, 0.05) is 19.0 Å². The van der Waals surface area contributed by atoms with Gasteiger partial charge in [-0.15, -0.1) is 11.3 Å². The Labute approximate surface area is 110 Å². The summed E-state index contributed by atoms with van der Waals surface area (Å²) >= 11 is 7.49. The number of halogens is 1. The Morgan fingerprint density at radius 3 is 2.71 bits per heavy atom. The molecule has 1 saturated heterocycles. The first-order chi connectivity index (χ1) is 8.13. The summed E-state index contributed by atoms with van der Waals surface area (Å²) in [5.74, 6) is 0.101. The van der Waals surface area contributed by atoms with Crippen molar-refractivity contribution in [3.8, 4) is 6.07 Å². The molecule has 0 atom stereocenters. The highest BCUT2D eigenvalue weighted by Gasteiger charge is 2.25. The molecule has 1 aliphatic rings. The first kappa shape index (κ1) is 12.4. The Balaban J connectivity index is 2.07. The van der Waals surface area contributed by atoms with Gasteiger partial charge in [0.2, 0.25) is 0 Å². The van der Waals surface area contributed by atoms with Crippen LogP contribution in [0.2, 0.25) is 5.02 Å². The molecule has 90 valence electrons. The van der Waals surface area contributed by atoms with Gasteiger partial charge in [-0.25, -0.2) is 0 Å². The highest BCUT2D eigenvalue weighted by Crippen LogP contribution is 2.29. The third-order valence-corrected chi connectivity index (χ3v) is 4.74. The quantitative estimate of drug-likeness (QED) is 0.786. The largest absolute Gasteiger partial charge is 0.338 e. The molecule has 1 aromatic heterocycles. The molecule has 1 fully saturated rings. The van der Waals surface area contributed by atoms with Crippen LogP contribution in [0.15, 0.2) is 5.38 Å². The van der Waals surface area contributed by atoms with E-state index in [4.69, 9.17) is 16.9 Å². The van der Waals surface area contributed by atoms with Crippen LogP contribution in [0, 0.1) is 24.2 Å². The topological polar surface area (TPSA) is 44.1 Å². The van der Waals surface area contributed by atoms with Gasteiger partial charge < -0.3 is 4.90 Å². The number of thiophene rings is 1. The average molecular weight is 269 g/mol. The van der Waals surface area contributed by atoms with E-state index in [0.29, 0.717) is 23.0 Å². The fourth-order valence-electron chi connectivity index (χ4n) is 1.93. The number of hydrogen-bond donors (Lipinski definition) is 0. The van der Waals surface area contributed by atoms with E-state index in [1.54, 1.807) is 4.90 Å². The number of piperidine rings is 1. The molecule has 3 nitrogen and oxygen atoms in total. The van der Waals surface area contributed by atoms with Crippen molar-refractivity contribution in [1.29, 1.82) is 5.26 Å². The predicted molar refractivity (Wildman–Crippen MR) is 68.3 cm³/mol. The van der Waals surface area contributed by atoms with Crippen molar-refractivity contribution in [3.63, 3.8) is 0 Å². The lowest BCUT2D eigenvalue weighted by atomic mass is 9.98. The van der Waals surface area contributed by atoms with Crippen LogP contribution < -0.4 is 0 Å². The lowest BCUT2D eigenvalue weighted by Crippen LogP contribution is -2.37. The molecule has 1 amide bonds. The minimum absolute atomic E-state index is 0.00416. The van der Waals surface area contributed by atoms with Crippen LogP contribution in [0.4, 0.5) is 0 Å². The summed E-state index contributed by atoms with van der Waals surface area (Å²) in [7, 11) is 0. The van der Waals surface area contributed by atoms with Gasteiger partial charge in [-0.3, -0.25) is 4.79 Å². The summed E-state index contributed by atoms with van der Waals surface area (Å²) in [5.41, 5.74) is 0.951. The van der Waals surface area contributed by atoms with Gasteiger partial charge in [0.25, 0.3) is 5.91 Å². The first-order valence-electron chi connectivity index (χ1n) is 5.56. The number of nitriles is 1. The molecule has 2 heterocycles. The zero-order valence-electron chi connectivity index (χ0n) is 9.57. The van der Waals surface area contributed by atoms with E-state index in [2.05, 4.69) is 6.07 Å². The summed E-state index contributed by atoms with van der Waals surface area (Å²) in [6.45, 7) is 3.21. The van der Waals surface area contributed by atoms with Crippen LogP contribution in [-0.4, -0.2) is 23.9 Å². The number of likely N-dealkylation sites (tertiary alicyclic amines) is 1. The molecule has 0 bridgehead atoms.